The van der Waals surface area contributed by atoms with Gasteiger partial charge in [0.2, 0.25) is 0 Å². The molecule has 0 bridgehead atoms. The number of thioether (sulfide) groups is 1. The van der Waals surface area contributed by atoms with E-state index >= 15 is 0 Å². The molecule has 1 saturated heterocycles. The fourth-order valence-corrected chi connectivity index (χ4v) is 5.54. The number of para-hydroxylation sites is 1. The first-order valence-corrected chi connectivity index (χ1v) is 12.5. The molecule has 0 saturated carbocycles. The maximum Gasteiger partial charge on any atom is 0.264 e. The lowest BCUT2D eigenvalue weighted by atomic mass is 10.1. The van der Waals surface area contributed by atoms with Gasteiger partial charge in [-0.2, -0.15) is 0 Å². The van der Waals surface area contributed by atoms with Crippen LogP contribution in [0.25, 0.3) is 6.08 Å². The van der Waals surface area contributed by atoms with Crippen molar-refractivity contribution in [3.8, 4) is 5.75 Å². The standard InChI is InChI=1S/C28H26FN3O3S/c1-30-24-18-20(27(33)32-14-12-31(13-15-32)23-9-4-3-8-22(23)29)10-11-25(24)36-26(28(30)34)17-19-6-5-7-21(16-19)35-2/h3-11,16-18H,12-15H2,1-2H3/b26-17-. The zero-order valence-electron chi connectivity index (χ0n) is 20.1. The van der Waals surface area contributed by atoms with Crippen LogP contribution in [-0.4, -0.2) is 57.1 Å². The molecule has 0 N–H and O–H groups in total. The highest BCUT2D eigenvalue weighted by molar-refractivity contribution is 8.04. The van der Waals surface area contributed by atoms with Gasteiger partial charge in [0.25, 0.3) is 11.8 Å². The molecule has 0 atom stereocenters. The van der Waals surface area contributed by atoms with Gasteiger partial charge in [0.15, 0.2) is 0 Å². The largest absolute Gasteiger partial charge is 0.497 e. The number of piperazine rings is 1. The Labute approximate surface area is 213 Å². The number of anilines is 2. The molecule has 0 aromatic heterocycles. The van der Waals surface area contributed by atoms with Gasteiger partial charge in [-0.15, -0.1) is 0 Å². The van der Waals surface area contributed by atoms with Gasteiger partial charge >= 0.3 is 0 Å². The predicted molar refractivity (Wildman–Crippen MR) is 141 cm³/mol. The molecule has 3 aromatic rings. The molecule has 2 heterocycles. The van der Waals surface area contributed by atoms with Gasteiger partial charge in [-0.1, -0.05) is 36.0 Å². The number of fused-ring (bicyclic) bond motifs is 1. The van der Waals surface area contributed by atoms with E-state index in [1.165, 1.54) is 17.8 Å². The molecule has 2 aliphatic rings. The van der Waals surface area contributed by atoms with Crippen molar-refractivity contribution in [2.24, 2.45) is 0 Å². The van der Waals surface area contributed by atoms with Crippen LogP contribution >= 0.6 is 11.8 Å². The molecule has 5 rings (SSSR count). The average Bonchev–Trinajstić information content (AvgIpc) is 2.91. The molecule has 8 heteroatoms. The maximum absolute atomic E-state index is 14.1. The summed E-state index contributed by atoms with van der Waals surface area (Å²) in [6.45, 7) is 2.12. The summed E-state index contributed by atoms with van der Waals surface area (Å²) in [5, 5.41) is 0. The van der Waals surface area contributed by atoms with Gasteiger partial charge in [0, 0.05) is 43.7 Å². The fourth-order valence-electron chi connectivity index (χ4n) is 4.45. The number of hydrogen-bond donors (Lipinski definition) is 0. The van der Waals surface area contributed by atoms with Crippen molar-refractivity contribution in [3.63, 3.8) is 0 Å². The van der Waals surface area contributed by atoms with Gasteiger partial charge in [-0.05, 0) is 54.1 Å². The first-order chi connectivity index (χ1) is 17.4. The second kappa shape index (κ2) is 10.1. The predicted octanol–water partition coefficient (Wildman–Crippen LogP) is 4.91. The van der Waals surface area contributed by atoms with Crippen molar-refractivity contribution in [1.82, 2.24) is 4.90 Å². The molecule has 184 valence electrons. The molecule has 2 amide bonds. The van der Waals surface area contributed by atoms with E-state index in [4.69, 9.17) is 4.74 Å². The Hall–Kier alpha value is -3.78. The number of nitrogens with zero attached hydrogens (tertiary/aromatic N) is 3. The van der Waals surface area contributed by atoms with Crippen molar-refractivity contribution in [1.29, 1.82) is 0 Å². The molecule has 1 fully saturated rings. The maximum atomic E-state index is 14.1. The molecule has 36 heavy (non-hydrogen) atoms. The first-order valence-electron chi connectivity index (χ1n) is 11.7. The van der Waals surface area contributed by atoms with Crippen molar-refractivity contribution in [2.75, 3.05) is 50.1 Å². The van der Waals surface area contributed by atoms with Crippen LogP contribution in [0.1, 0.15) is 15.9 Å². The Kier molecular flexibility index (Phi) is 6.69. The first kappa shape index (κ1) is 23.9. The van der Waals surface area contributed by atoms with Crippen molar-refractivity contribution < 1.29 is 18.7 Å². The highest BCUT2D eigenvalue weighted by Gasteiger charge is 2.29. The van der Waals surface area contributed by atoms with E-state index in [0.29, 0.717) is 48.0 Å². The molecule has 0 unspecified atom stereocenters. The molecular formula is C28H26FN3O3S. The van der Waals surface area contributed by atoms with E-state index in [0.717, 1.165) is 16.2 Å². The number of carbonyl (C=O) groups excluding carboxylic acids is 2. The van der Waals surface area contributed by atoms with Gasteiger partial charge in [-0.3, -0.25) is 9.59 Å². The highest BCUT2D eigenvalue weighted by atomic mass is 32.2. The second-order valence-electron chi connectivity index (χ2n) is 8.66. The zero-order valence-corrected chi connectivity index (χ0v) is 20.9. The van der Waals surface area contributed by atoms with Crippen LogP contribution in [0.15, 0.2) is 76.5 Å². The molecular weight excluding hydrogens is 477 g/mol. The summed E-state index contributed by atoms with van der Waals surface area (Å²) in [5.41, 5.74) is 2.69. The van der Waals surface area contributed by atoms with Crippen molar-refractivity contribution >= 4 is 41.0 Å². The Bertz CT molecular complexity index is 1350. The van der Waals surface area contributed by atoms with Crippen LogP contribution in [0.4, 0.5) is 15.8 Å². The Morgan fingerprint density at radius 2 is 1.75 bits per heavy atom. The third kappa shape index (κ3) is 4.68. The highest BCUT2D eigenvalue weighted by Crippen LogP contribution is 2.42. The van der Waals surface area contributed by atoms with Gasteiger partial charge in [0.1, 0.15) is 11.6 Å². The van der Waals surface area contributed by atoms with Crippen LogP contribution in [0.3, 0.4) is 0 Å². The van der Waals surface area contributed by atoms with Crippen LogP contribution in [0.5, 0.6) is 5.75 Å². The molecule has 0 aliphatic carbocycles. The monoisotopic (exact) mass is 503 g/mol. The third-order valence-electron chi connectivity index (χ3n) is 6.45. The molecule has 0 spiro atoms. The lowest BCUT2D eigenvalue weighted by molar-refractivity contribution is -0.114. The normalized spacial score (nSPS) is 16.8. The minimum absolute atomic E-state index is 0.0884. The number of halogens is 1. The van der Waals surface area contributed by atoms with Gasteiger partial charge < -0.3 is 19.4 Å². The van der Waals surface area contributed by atoms with E-state index in [2.05, 4.69) is 0 Å². The average molecular weight is 504 g/mol. The number of benzene rings is 3. The Morgan fingerprint density at radius 1 is 0.972 bits per heavy atom. The lowest BCUT2D eigenvalue weighted by Gasteiger charge is -2.36. The number of hydrogen-bond acceptors (Lipinski definition) is 5. The van der Waals surface area contributed by atoms with E-state index in [1.807, 2.05) is 53.4 Å². The summed E-state index contributed by atoms with van der Waals surface area (Å²) >= 11 is 1.39. The number of ether oxygens (including phenoxy) is 1. The number of rotatable bonds is 4. The van der Waals surface area contributed by atoms with Crippen LogP contribution in [-0.2, 0) is 4.79 Å². The fraction of sp³-hybridized carbons (Fsp3) is 0.214. The summed E-state index contributed by atoms with van der Waals surface area (Å²) in [5.74, 6) is 0.259. The van der Waals surface area contributed by atoms with E-state index in [-0.39, 0.29) is 17.6 Å². The van der Waals surface area contributed by atoms with Crippen LogP contribution in [0.2, 0.25) is 0 Å². The summed E-state index contributed by atoms with van der Waals surface area (Å²) < 4.78 is 19.4. The van der Waals surface area contributed by atoms with E-state index in [1.54, 1.807) is 42.2 Å². The summed E-state index contributed by atoms with van der Waals surface area (Å²) in [6, 6.07) is 19.7. The lowest BCUT2D eigenvalue weighted by Crippen LogP contribution is -2.49. The SMILES string of the molecule is COc1cccc(/C=C2\Sc3ccc(C(=O)N4CCN(c5ccccc5F)CC4)cc3N(C)C2=O)c1. The van der Waals surface area contributed by atoms with Gasteiger partial charge in [-0.25, -0.2) is 4.39 Å². The van der Waals surface area contributed by atoms with Crippen LogP contribution in [0, 0.1) is 5.82 Å². The molecule has 6 nitrogen and oxygen atoms in total. The van der Waals surface area contributed by atoms with Gasteiger partial charge in [0.05, 0.1) is 23.4 Å². The third-order valence-corrected chi connectivity index (χ3v) is 7.53. The summed E-state index contributed by atoms with van der Waals surface area (Å²) in [6.07, 6.45) is 1.85. The van der Waals surface area contributed by atoms with Crippen molar-refractivity contribution in [3.05, 3.63) is 88.6 Å². The van der Waals surface area contributed by atoms with E-state index < -0.39 is 0 Å². The summed E-state index contributed by atoms with van der Waals surface area (Å²) in [4.78, 5) is 33.2. The molecule has 2 aliphatic heterocycles. The zero-order chi connectivity index (χ0) is 25.2. The minimum Gasteiger partial charge on any atom is -0.497 e. The Balaban J connectivity index is 1.31. The second-order valence-corrected chi connectivity index (χ2v) is 9.75. The number of amides is 2. The number of likely N-dealkylation sites (N-methyl/N-ethyl adjacent to an activating group) is 1. The minimum atomic E-state index is -0.253. The van der Waals surface area contributed by atoms with Crippen LogP contribution < -0.4 is 14.5 Å². The molecule has 0 radical (unpaired) electrons. The Morgan fingerprint density at radius 3 is 2.50 bits per heavy atom. The quantitative estimate of drug-likeness (QED) is 0.474. The number of carbonyl (C=O) groups is 2. The topological polar surface area (TPSA) is 53.1 Å². The summed E-state index contributed by atoms with van der Waals surface area (Å²) in [7, 11) is 3.33. The number of methoxy groups -OCH3 is 1. The molecule has 3 aromatic carbocycles. The van der Waals surface area contributed by atoms with Crippen molar-refractivity contribution in [2.45, 2.75) is 4.90 Å². The van der Waals surface area contributed by atoms with E-state index in [9.17, 15) is 14.0 Å². The smallest absolute Gasteiger partial charge is 0.264 e.